The number of fused-ring (bicyclic) bond motifs is 1. The Hall–Kier alpha value is -4.33. The van der Waals surface area contributed by atoms with Crippen molar-refractivity contribution < 1.29 is 23.7 Å². The Balaban J connectivity index is 1.20. The van der Waals surface area contributed by atoms with Gasteiger partial charge in [-0.25, -0.2) is 0 Å². The molecule has 262 valence electrons. The van der Waals surface area contributed by atoms with E-state index in [0.29, 0.717) is 48.5 Å². The number of nitriles is 1. The molecule has 1 aromatic heterocycles. The standard InChI is InChI=1S/C40H45ClN4O5/c1-3-10-45(12-5-11-44-13-15-46-16-14-44)26-34-20-36(41)39(22-38(34)49-27-31-19-30(23-42)24-43-25-31)50-28-33-6-4-7-35(29(33)2)32-8-9-37-40(21-32)48-18-17-47-37/h4,6-9,19-22,24-25H,3,5,10-18,26-28H2,1-2H3. The van der Waals surface area contributed by atoms with Crippen molar-refractivity contribution in [1.29, 1.82) is 5.26 Å². The number of hydrogen-bond acceptors (Lipinski definition) is 9. The lowest BCUT2D eigenvalue weighted by atomic mass is 9.96. The van der Waals surface area contributed by atoms with Crippen molar-refractivity contribution in [2.24, 2.45) is 0 Å². The first kappa shape index (κ1) is 35.5. The van der Waals surface area contributed by atoms with Gasteiger partial charge in [0, 0.05) is 49.2 Å². The highest BCUT2D eigenvalue weighted by molar-refractivity contribution is 6.32. The van der Waals surface area contributed by atoms with E-state index in [2.05, 4.69) is 52.9 Å². The monoisotopic (exact) mass is 696 g/mol. The van der Waals surface area contributed by atoms with Crippen LogP contribution in [0.25, 0.3) is 11.1 Å². The fourth-order valence-corrected chi connectivity index (χ4v) is 6.66. The zero-order valence-electron chi connectivity index (χ0n) is 29.0. The van der Waals surface area contributed by atoms with Gasteiger partial charge in [-0.2, -0.15) is 5.26 Å². The van der Waals surface area contributed by atoms with Crippen LogP contribution in [0, 0.1) is 18.3 Å². The topological polar surface area (TPSA) is 89.3 Å². The summed E-state index contributed by atoms with van der Waals surface area (Å²) in [5.41, 5.74) is 6.63. The zero-order chi connectivity index (χ0) is 34.7. The Morgan fingerprint density at radius 3 is 2.54 bits per heavy atom. The first-order valence-corrected chi connectivity index (χ1v) is 17.8. The van der Waals surface area contributed by atoms with Gasteiger partial charge in [-0.15, -0.1) is 0 Å². The van der Waals surface area contributed by atoms with Gasteiger partial charge < -0.3 is 23.7 Å². The van der Waals surface area contributed by atoms with Crippen LogP contribution in [0.1, 0.15) is 47.6 Å². The normalized spacial score (nSPS) is 14.4. The third kappa shape index (κ3) is 9.26. The third-order valence-corrected chi connectivity index (χ3v) is 9.40. The van der Waals surface area contributed by atoms with Crippen molar-refractivity contribution in [3.8, 4) is 40.2 Å². The second kappa shape index (κ2) is 17.6. The second-order valence-corrected chi connectivity index (χ2v) is 13.1. The Morgan fingerprint density at radius 2 is 1.72 bits per heavy atom. The van der Waals surface area contributed by atoms with Gasteiger partial charge >= 0.3 is 0 Å². The van der Waals surface area contributed by atoms with Crippen molar-refractivity contribution in [1.82, 2.24) is 14.8 Å². The maximum absolute atomic E-state index is 9.38. The predicted octanol–water partition coefficient (Wildman–Crippen LogP) is 7.45. The molecule has 0 unspecified atom stereocenters. The molecule has 1 saturated heterocycles. The average molecular weight is 697 g/mol. The number of ether oxygens (including phenoxy) is 5. The Morgan fingerprint density at radius 1 is 0.900 bits per heavy atom. The number of hydrogen-bond donors (Lipinski definition) is 0. The predicted molar refractivity (Wildman–Crippen MR) is 194 cm³/mol. The molecule has 1 fully saturated rings. The van der Waals surface area contributed by atoms with E-state index in [9.17, 15) is 5.26 Å². The van der Waals surface area contributed by atoms with Crippen LogP contribution in [0.5, 0.6) is 23.0 Å². The fraction of sp³-hybridized carbons (Fsp3) is 0.400. The van der Waals surface area contributed by atoms with Gasteiger partial charge in [0.25, 0.3) is 0 Å². The van der Waals surface area contributed by atoms with E-state index in [1.807, 2.05) is 30.3 Å². The van der Waals surface area contributed by atoms with Crippen LogP contribution < -0.4 is 18.9 Å². The molecule has 2 aliphatic rings. The number of halogens is 1. The number of morpholine rings is 1. The average Bonchev–Trinajstić information content (AvgIpc) is 3.15. The van der Waals surface area contributed by atoms with Crippen molar-refractivity contribution in [3.63, 3.8) is 0 Å². The second-order valence-electron chi connectivity index (χ2n) is 12.7. The number of nitrogens with zero attached hydrogens (tertiary/aromatic N) is 4. The van der Waals surface area contributed by atoms with Crippen LogP contribution >= 0.6 is 11.6 Å². The molecule has 3 heterocycles. The van der Waals surface area contributed by atoms with Gasteiger partial charge in [-0.3, -0.25) is 14.8 Å². The Bertz CT molecular complexity index is 1790. The van der Waals surface area contributed by atoms with Crippen LogP contribution in [0.3, 0.4) is 0 Å². The molecule has 0 saturated carbocycles. The van der Waals surface area contributed by atoms with Crippen LogP contribution in [-0.2, 0) is 24.5 Å². The maximum Gasteiger partial charge on any atom is 0.161 e. The molecule has 0 atom stereocenters. The van der Waals surface area contributed by atoms with Crippen LogP contribution in [0.2, 0.25) is 5.02 Å². The van der Waals surface area contributed by atoms with Crippen molar-refractivity contribution in [3.05, 3.63) is 99.8 Å². The molecule has 3 aromatic carbocycles. The fourth-order valence-electron chi connectivity index (χ4n) is 6.42. The van der Waals surface area contributed by atoms with Crippen molar-refractivity contribution in [2.75, 3.05) is 59.2 Å². The lowest BCUT2D eigenvalue weighted by molar-refractivity contribution is 0.0360. The van der Waals surface area contributed by atoms with E-state index in [4.69, 9.17) is 35.3 Å². The number of aromatic nitrogens is 1. The summed E-state index contributed by atoms with van der Waals surface area (Å²) in [6.07, 6.45) is 5.39. The summed E-state index contributed by atoms with van der Waals surface area (Å²) in [5, 5.41) is 9.91. The maximum atomic E-state index is 9.38. The lowest BCUT2D eigenvalue weighted by Gasteiger charge is -2.28. The summed E-state index contributed by atoms with van der Waals surface area (Å²) in [6, 6.07) is 20.1. The van der Waals surface area contributed by atoms with Crippen molar-refractivity contribution in [2.45, 2.75) is 46.4 Å². The molecule has 50 heavy (non-hydrogen) atoms. The third-order valence-electron chi connectivity index (χ3n) is 9.10. The minimum absolute atomic E-state index is 0.262. The molecule has 0 aliphatic carbocycles. The summed E-state index contributed by atoms with van der Waals surface area (Å²) >= 11 is 6.94. The Labute approximate surface area is 300 Å². The number of pyridine rings is 1. The highest BCUT2D eigenvalue weighted by Gasteiger charge is 2.18. The van der Waals surface area contributed by atoms with E-state index < -0.39 is 0 Å². The van der Waals surface area contributed by atoms with Gasteiger partial charge in [0.2, 0.25) is 0 Å². The number of rotatable bonds is 15. The highest BCUT2D eigenvalue weighted by Crippen LogP contribution is 2.38. The molecule has 10 heteroatoms. The first-order chi connectivity index (χ1) is 24.5. The van der Waals surface area contributed by atoms with E-state index in [0.717, 1.165) is 104 Å². The van der Waals surface area contributed by atoms with Gasteiger partial charge in [0.1, 0.15) is 44.0 Å². The molecule has 4 aromatic rings. The van der Waals surface area contributed by atoms with E-state index in [-0.39, 0.29) is 6.61 Å². The summed E-state index contributed by atoms with van der Waals surface area (Å²) in [7, 11) is 0. The highest BCUT2D eigenvalue weighted by atomic mass is 35.5. The largest absolute Gasteiger partial charge is 0.488 e. The molecular formula is C40H45ClN4O5. The first-order valence-electron chi connectivity index (χ1n) is 17.4. The quantitative estimate of drug-likeness (QED) is 0.126. The summed E-state index contributed by atoms with van der Waals surface area (Å²) < 4.78 is 29.9. The van der Waals surface area contributed by atoms with E-state index in [1.54, 1.807) is 18.5 Å². The van der Waals surface area contributed by atoms with Gasteiger partial charge in [0.05, 0.1) is 23.8 Å². The molecule has 2 aliphatic heterocycles. The van der Waals surface area contributed by atoms with Crippen LogP contribution in [-0.4, -0.2) is 73.9 Å². The zero-order valence-corrected chi connectivity index (χ0v) is 29.7. The minimum atomic E-state index is 0.262. The molecular weight excluding hydrogens is 652 g/mol. The molecule has 0 spiro atoms. The lowest BCUT2D eigenvalue weighted by Crippen LogP contribution is -2.38. The molecule has 0 radical (unpaired) electrons. The molecule has 0 amide bonds. The molecule has 9 nitrogen and oxygen atoms in total. The minimum Gasteiger partial charge on any atom is -0.488 e. The van der Waals surface area contributed by atoms with Gasteiger partial charge in [0.15, 0.2) is 11.5 Å². The van der Waals surface area contributed by atoms with Crippen molar-refractivity contribution >= 4 is 11.6 Å². The summed E-state index contributed by atoms with van der Waals surface area (Å²) in [4.78, 5) is 9.14. The Kier molecular flexibility index (Phi) is 12.5. The molecule has 6 rings (SSSR count). The SMILES string of the molecule is CCCN(CCCN1CCOCC1)Cc1cc(Cl)c(OCc2cccc(-c3ccc4c(c3)OCCO4)c2C)cc1OCc1cncc(C#N)c1. The molecule has 0 N–H and O–H groups in total. The van der Waals surface area contributed by atoms with E-state index in [1.165, 1.54) is 0 Å². The summed E-state index contributed by atoms with van der Waals surface area (Å²) in [6.45, 7) is 13.3. The van der Waals surface area contributed by atoms with Crippen LogP contribution in [0.4, 0.5) is 0 Å². The summed E-state index contributed by atoms with van der Waals surface area (Å²) in [5.74, 6) is 2.78. The van der Waals surface area contributed by atoms with Gasteiger partial charge in [-0.1, -0.05) is 42.8 Å². The number of benzene rings is 3. The smallest absolute Gasteiger partial charge is 0.161 e. The van der Waals surface area contributed by atoms with Gasteiger partial charge in [-0.05, 0) is 85.9 Å². The molecule has 0 bridgehead atoms. The van der Waals surface area contributed by atoms with Crippen LogP contribution in [0.15, 0.2) is 67.0 Å². The van der Waals surface area contributed by atoms with E-state index >= 15 is 0 Å².